The maximum Gasteiger partial charge on any atom is 0.175 e. The van der Waals surface area contributed by atoms with Crippen LogP contribution in [-0.4, -0.2) is 37.2 Å². The van der Waals surface area contributed by atoms with E-state index in [1.807, 2.05) is 31.3 Å². The lowest BCUT2D eigenvalue weighted by atomic mass is 9.85. The van der Waals surface area contributed by atoms with Gasteiger partial charge in [0.05, 0.1) is 11.3 Å². The molecule has 0 spiro atoms. The van der Waals surface area contributed by atoms with Crippen molar-refractivity contribution >= 4 is 5.82 Å². The zero-order valence-electron chi connectivity index (χ0n) is 12.3. The molecule has 1 aliphatic carbocycles. The topological polar surface area (TPSA) is 75.9 Å². The molecule has 1 fully saturated rings. The molecule has 0 saturated heterocycles. The molecule has 0 atom stereocenters. The molecule has 2 N–H and O–H groups in total. The van der Waals surface area contributed by atoms with Crippen molar-refractivity contribution in [1.29, 1.82) is 0 Å². The van der Waals surface area contributed by atoms with Crippen molar-refractivity contribution in [1.82, 2.24) is 20.0 Å². The molecule has 112 valence electrons. The third kappa shape index (κ3) is 3.39. The highest BCUT2D eigenvalue weighted by atomic mass is 16.3. The van der Waals surface area contributed by atoms with Crippen LogP contribution >= 0.6 is 0 Å². The molecule has 0 aromatic carbocycles. The fourth-order valence-electron chi connectivity index (χ4n) is 2.73. The van der Waals surface area contributed by atoms with Gasteiger partial charge in [-0.2, -0.15) is 5.10 Å². The van der Waals surface area contributed by atoms with Crippen LogP contribution in [0.25, 0.3) is 5.82 Å². The van der Waals surface area contributed by atoms with E-state index in [1.165, 1.54) is 6.42 Å². The average Bonchev–Trinajstić information content (AvgIpc) is 2.93. The van der Waals surface area contributed by atoms with E-state index in [1.54, 1.807) is 4.68 Å². The molecule has 1 aliphatic rings. The molecule has 2 aromatic heterocycles. The molecule has 2 heterocycles. The molecule has 2 aromatic rings. The fraction of sp³-hybridized carbons (Fsp3) is 0.533. The van der Waals surface area contributed by atoms with Crippen molar-refractivity contribution in [2.75, 3.05) is 11.9 Å². The summed E-state index contributed by atoms with van der Waals surface area (Å²) in [6.45, 7) is 2.46. The molecule has 3 rings (SSSR count). The van der Waals surface area contributed by atoms with Crippen molar-refractivity contribution in [2.24, 2.45) is 0 Å². The summed E-state index contributed by atoms with van der Waals surface area (Å²) >= 11 is 0. The molecule has 21 heavy (non-hydrogen) atoms. The maximum atomic E-state index is 10.4. The maximum absolute atomic E-state index is 10.4. The summed E-state index contributed by atoms with van der Waals surface area (Å²) in [5.41, 5.74) is 0.344. The summed E-state index contributed by atoms with van der Waals surface area (Å²) in [5.74, 6) is 1.37. The second-order valence-corrected chi connectivity index (χ2v) is 5.82. The summed E-state index contributed by atoms with van der Waals surface area (Å²) in [7, 11) is 0. The second-order valence-electron chi connectivity index (χ2n) is 5.82. The van der Waals surface area contributed by atoms with Crippen LogP contribution < -0.4 is 5.32 Å². The number of hydrogen-bond acceptors (Lipinski definition) is 5. The first-order valence-corrected chi connectivity index (χ1v) is 7.47. The Labute approximate surface area is 124 Å². The Kier molecular flexibility index (Phi) is 3.88. The minimum atomic E-state index is -0.600. The summed E-state index contributed by atoms with van der Waals surface area (Å²) < 4.78 is 1.70. The van der Waals surface area contributed by atoms with Gasteiger partial charge in [0.2, 0.25) is 0 Å². The summed E-state index contributed by atoms with van der Waals surface area (Å²) in [6, 6.07) is 5.66. The summed E-state index contributed by atoms with van der Waals surface area (Å²) in [4.78, 5) is 0. The normalized spacial score (nSPS) is 17.6. The molecule has 0 unspecified atom stereocenters. The SMILES string of the molecule is Cc1ccn(-c2ccc(NCC3(O)CCCCC3)nn2)n1. The first-order chi connectivity index (χ1) is 10.1. The Morgan fingerprint density at radius 1 is 1.19 bits per heavy atom. The Morgan fingerprint density at radius 3 is 2.62 bits per heavy atom. The number of rotatable bonds is 4. The Morgan fingerprint density at radius 2 is 2.00 bits per heavy atom. The third-order valence-corrected chi connectivity index (χ3v) is 3.99. The molecular weight excluding hydrogens is 266 g/mol. The molecule has 6 nitrogen and oxygen atoms in total. The number of aromatic nitrogens is 4. The lowest BCUT2D eigenvalue weighted by Crippen LogP contribution is -2.38. The number of aryl methyl sites for hydroxylation is 1. The van der Waals surface area contributed by atoms with Gasteiger partial charge in [0, 0.05) is 12.7 Å². The quantitative estimate of drug-likeness (QED) is 0.900. The summed E-state index contributed by atoms with van der Waals surface area (Å²) in [5, 5.41) is 26.2. The largest absolute Gasteiger partial charge is 0.388 e. The van der Waals surface area contributed by atoms with Crippen LogP contribution in [0.1, 0.15) is 37.8 Å². The first kappa shape index (κ1) is 14.0. The van der Waals surface area contributed by atoms with Crippen LogP contribution in [0.2, 0.25) is 0 Å². The van der Waals surface area contributed by atoms with E-state index in [9.17, 15) is 5.11 Å². The number of hydrogen-bond donors (Lipinski definition) is 2. The van der Waals surface area contributed by atoms with Crippen molar-refractivity contribution in [3.63, 3.8) is 0 Å². The number of nitrogens with zero attached hydrogens (tertiary/aromatic N) is 4. The van der Waals surface area contributed by atoms with Crippen LogP contribution in [0, 0.1) is 6.92 Å². The zero-order chi connectivity index (χ0) is 14.7. The van der Waals surface area contributed by atoms with Gasteiger partial charge in [0.15, 0.2) is 5.82 Å². The predicted molar refractivity (Wildman–Crippen MR) is 80.4 cm³/mol. The molecule has 0 bridgehead atoms. The van der Waals surface area contributed by atoms with Crippen LogP contribution in [0.5, 0.6) is 0 Å². The van der Waals surface area contributed by atoms with Crippen molar-refractivity contribution in [2.45, 2.75) is 44.6 Å². The molecule has 0 radical (unpaired) electrons. The minimum Gasteiger partial charge on any atom is -0.388 e. The third-order valence-electron chi connectivity index (χ3n) is 3.99. The van der Waals surface area contributed by atoms with Crippen LogP contribution in [0.3, 0.4) is 0 Å². The first-order valence-electron chi connectivity index (χ1n) is 7.47. The van der Waals surface area contributed by atoms with Gasteiger partial charge in [-0.05, 0) is 38.0 Å². The van der Waals surface area contributed by atoms with Gasteiger partial charge in [0.1, 0.15) is 5.82 Å². The smallest absolute Gasteiger partial charge is 0.175 e. The summed E-state index contributed by atoms with van der Waals surface area (Å²) in [6.07, 6.45) is 7.00. The number of anilines is 1. The second kappa shape index (κ2) is 5.81. The highest BCUT2D eigenvalue weighted by Gasteiger charge is 2.28. The Hall–Kier alpha value is -1.95. The van der Waals surface area contributed by atoms with E-state index in [-0.39, 0.29) is 0 Å². The van der Waals surface area contributed by atoms with Crippen molar-refractivity contribution in [3.05, 3.63) is 30.1 Å². The van der Waals surface area contributed by atoms with E-state index in [0.29, 0.717) is 18.2 Å². The highest BCUT2D eigenvalue weighted by molar-refractivity contribution is 5.36. The fourth-order valence-corrected chi connectivity index (χ4v) is 2.73. The van der Waals surface area contributed by atoms with E-state index >= 15 is 0 Å². The Bertz CT molecular complexity index is 586. The van der Waals surface area contributed by atoms with Crippen molar-refractivity contribution < 1.29 is 5.11 Å². The van der Waals surface area contributed by atoms with E-state index < -0.39 is 5.60 Å². The predicted octanol–water partition coefficient (Wildman–Crippen LogP) is 2.08. The molecule has 1 saturated carbocycles. The molecule has 6 heteroatoms. The van der Waals surface area contributed by atoms with Gasteiger partial charge in [-0.25, -0.2) is 4.68 Å². The lowest BCUT2D eigenvalue weighted by molar-refractivity contribution is 0.0166. The van der Waals surface area contributed by atoms with Gasteiger partial charge < -0.3 is 10.4 Å². The monoisotopic (exact) mass is 287 g/mol. The molecule has 0 aliphatic heterocycles. The molecular formula is C15H21N5O. The standard InChI is InChI=1S/C15H21N5O/c1-12-7-10-20(19-12)14-6-5-13(17-18-14)16-11-15(21)8-3-2-4-9-15/h5-7,10,21H,2-4,8-9,11H2,1H3,(H,16,17). The van der Waals surface area contributed by atoms with Gasteiger partial charge in [0.25, 0.3) is 0 Å². The van der Waals surface area contributed by atoms with E-state index in [4.69, 9.17) is 0 Å². The Balaban J connectivity index is 1.62. The van der Waals surface area contributed by atoms with Gasteiger partial charge in [-0.1, -0.05) is 19.3 Å². The van der Waals surface area contributed by atoms with Crippen LogP contribution in [-0.2, 0) is 0 Å². The minimum absolute atomic E-state index is 0.530. The zero-order valence-corrected chi connectivity index (χ0v) is 12.3. The van der Waals surface area contributed by atoms with Crippen LogP contribution in [0.4, 0.5) is 5.82 Å². The van der Waals surface area contributed by atoms with Gasteiger partial charge in [-0.3, -0.25) is 0 Å². The molecule has 0 amide bonds. The van der Waals surface area contributed by atoms with Crippen molar-refractivity contribution in [3.8, 4) is 5.82 Å². The van der Waals surface area contributed by atoms with Gasteiger partial charge >= 0.3 is 0 Å². The van der Waals surface area contributed by atoms with Gasteiger partial charge in [-0.15, -0.1) is 10.2 Å². The van der Waals surface area contributed by atoms with E-state index in [0.717, 1.165) is 31.4 Å². The number of nitrogens with one attached hydrogen (secondary N) is 1. The average molecular weight is 287 g/mol. The van der Waals surface area contributed by atoms with Crippen LogP contribution in [0.15, 0.2) is 24.4 Å². The number of aliphatic hydroxyl groups is 1. The highest BCUT2D eigenvalue weighted by Crippen LogP contribution is 2.28. The lowest BCUT2D eigenvalue weighted by Gasteiger charge is -2.32. The van der Waals surface area contributed by atoms with E-state index in [2.05, 4.69) is 20.6 Å².